The summed E-state index contributed by atoms with van der Waals surface area (Å²) in [7, 11) is 0. The van der Waals surface area contributed by atoms with Crippen molar-refractivity contribution in [2.45, 2.75) is 19.1 Å². The molecule has 40 heavy (non-hydrogen) atoms. The Bertz CT molecular complexity index is 1630. The molecule has 0 bridgehead atoms. The SMILES string of the molecule is O=C(Nc1ccccc1)c1ccc(COc2ccc3c(c2)C(c2ccc(F)cc2)N(C(=O)c2ccco2)CC3)o1. The maximum atomic E-state index is 13.8. The van der Waals surface area contributed by atoms with E-state index in [0.29, 0.717) is 30.2 Å². The first-order valence-corrected chi connectivity index (χ1v) is 12.9. The van der Waals surface area contributed by atoms with Gasteiger partial charge < -0.3 is 23.8 Å². The zero-order valence-corrected chi connectivity index (χ0v) is 21.4. The molecule has 7 nitrogen and oxygen atoms in total. The Morgan fingerprint density at radius 2 is 1.75 bits per heavy atom. The number of anilines is 1. The molecule has 2 amide bonds. The van der Waals surface area contributed by atoms with E-state index in [1.807, 2.05) is 36.4 Å². The highest BCUT2D eigenvalue weighted by molar-refractivity contribution is 6.02. The van der Waals surface area contributed by atoms with E-state index in [4.69, 9.17) is 13.6 Å². The molecular formula is C32H25FN2O5. The van der Waals surface area contributed by atoms with Gasteiger partial charge >= 0.3 is 0 Å². The first-order valence-electron chi connectivity index (χ1n) is 12.9. The van der Waals surface area contributed by atoms with Gasteiger partial charge in [0, 0.05) is 12.2 Å². The van der Waals surface area contributed by atoms with Gasteiger partial charge in [-0.15, -0.1) is 0 Å². The minimum atomic E-state index is -0.456. The minimum absolute atomic E-state index is 0.105. The Morgan fingerprint density at radius 1 is 0.925 bits per heavy atom. The van der Waals surface area contributed by atoms with Crippen LogP contribution >= 0.6 is 0 Å². The summed E-state index contributed by atoms with van der Waals surface area (Å²) in [5.74, 6) is 0.536. The summed E-state index contributed by atoms with van der Waals surface area (Å²) in [6.07, 6.45) is 2.12. The highest BCUT2D eigenvalue weighted by Gasteiger charge is 2.34. The topological polar surface area (TPSA) is 84.9 Å². The zero-order valence-electron chi connectivity index (χ0n) is 21.4. The lowest BCUT2D eigenvalue weighted by molar-refractivity contribution is 0.0661. The van der Waals surface area contributed by atoms with Crippen LogP contribution in [0.15, 0.2) is 112 Å². The third-order valence-corrected chi connectivity index (χ3v) is 6.82. The number of carbonyl (C=O) groups is 2. The summed E-state index contributed by atoms with van der Waals surface area (Å²) in [5.41, 5.74) is 3.41. The van der Waals surface area contributed by atoms with E-state index in [2.05, 4.69) is 5.32 Å². The molecule has 2 aromatic heterocycles. The number of hydrogen-bond acceptors (Lipinski definition) is 5. The highest BCUT2D eigenvalue weighted by Crippen LogP contribution is 2.38. The van der Waals surface area contributed by atoms with Crippen LogP contribution in [0, 0.1) is 5.82 Å². The number of ether oxygens (including phenoxy) is 1. The maximum Gasteiger partial charge on any atom is 0.291 e. The van der Waals surface area contributed by atoms with Crippen molar-refractivity contribution in [3.8, 4) is 5.75 Å². The molecule has 1 unspecified atom stereocenters. The predicted octanol–water partition coefficient (Wildman–Crippen LogP) is 6.63. The fourth-order valence-electron chi connectivity index (χ4n) is 4.89. The van der Waals surface area contributed by atoms with Crippen LogP contribution in [-0.2, 0) is 13.0 Å². The number of amides is 2. The number of furan rings is 2. The van der Waals surface area contributed by atoms with Crippen molar-refractivity contribution in [2.24, 2.45) is 0 Å². The van der Waals surface area contributed by atoms with Crippen LogP contribution in [0.4, 0.5) is 10.1 Å². The number of rotatable bonds is 7. The van der Waals surface area contributed by atoms with Crippen LogP contribution in [-0.4, -0.2) is 23.3 Å². The first-order chi connectivity index (χ1) is 19.5. The fourth-order valence-corrected chi connectivity index (χ4v) is 4.89. The van der Waals surface area contributed by atoms with Crippen molar-refractivity contribution in [1.82, 2.24) is 4.90 Å². The van der Waals surface area contributed by atoms with Gasteiger partial charge in [0.2, 0.25) is 0 Å². The Hall–Kier alpha value is -5.11. The molecule has 0 radical (unpaired) electrons. The van der Waals surface area contributed by atoms with Gasteiger partial charge in [0.1, 0.15) is 23.9 Å². The standard InChI is InChI=1S/C32H25FN2O5/c33-23-11-8-22(9-12-23)30-27-19-25(13-10-21(27)16-17-35(30)32(37)29-7-4-18-38-29)39-20-26-14-15-28(40-26)31(36)34-24-5-2-1-3-6-24/h1-15,18-19,30H,16-17,20H2,(H,34,36). The fraction of sp³-hybridized carbons (Fsp3) is 0.125. The van der Waals surface area contributed by atoms with Gasteiger partial charge in [-0.2, -0.15) is 0 Å². The second kappa shape index (κ2) is 10.9. The molecule has 5 aromatic rings. The molecule has 0 aliphatic carbocycles. The molecule has 0 spiro atoms. The van der Waals surface area contributed by atoms with Gasteiger partial charge in [0.15, 0.2) is 11.5 Å². The normalized spacial score (nSPS) is 14.4. The lowest BCUT2D eigenvalue weighted by Gasteiger charge is -2.37. The number of para-hydroxylation sites is 1. The second-order valence-electron chi connectivity index (χ2n) is 9.42. The molecule has 1 atom stereocenters. The quantitative estimate of drug-likeness (QED) is 0.252. The summed E-state index contributed by atoms with van der Waals surface area (Å²) >= 11 is 0. The molecule has 6 rings (SSSR count). The molecule has 0 fully saturated rings. The van der Waals surface area contributed by atoms with Crippen LogP contribution in [0.2, 0.25) is 0 Å². The molecule has 0 saturated carbocycles. The Morgan fingerprint density at radius 3 is 2.52 bits per heavy atom. The predicted molar refractivity (Wildman–Crippen MR) is 146 cm³/mol. The van der Waals surface area contributed by atoms with E-state index in [1.54, 1.807) is 53.4 Å². The number of hydrogen-bond donors (Lipinski definition) is 1. The molecule has 200 valence electrons. The van der Waals surface area contributed by atoms with Crippen LogP contribution in [0.25, 0.3) is 0 Å². The van der Waals surface area contributed by atoms with Crippen LogP contribution in [0.5, 0.6) is 5.75 Å². The molecule has 1 aliphatic rings. The summed E-state index contributed by atoms with van der Waals surface area (Å²) in [6.45, 7) is 0.586. The number of fused-ring (bicyclic) bond motifs is 1. The molecular weight excluding hydrogens is 511 g/mol. The summed E-state index contributed by atoms with van der Waals surface area (Å²) in [5, 5.41) is 2.79. The van der Waals surface area contributed by atoms with Crippen LogP contribution < -0.4 is 10.1 Å². The number of nitrogens with zero attached hydrogens (tertiary/aromatic N) is 1. The van der Waals surface area contributed by atoms with Crippen molar-refractivity contribution < 1.29 is 27.6 Å². The Kier molecular flexibility index (Phi) is 6.89. The van der Waals surface area contributed by atoms with Crippen molar-refractivity contribution in [2.75, 3.05) is 11.9 Å². The van der Waals surface area contributed by atoms with Gasteiger partial charge in [-0.1, -0.05) is 36.4 Å². The van der Waals surface area contributed by atoms with Gasteiger partial charge in [-0.25, -0.2) is 4.39 Å². The molecule has 0 saturated heterocycles. The van der Waals surface area contributed by atoms with E-state index in [0.717, 1.165) is 16.7 Å². The monoisotopic (exact) mass is 536 g/mol. The lowest BCUT2D eigenvalue weighted by atomic mass is 9.87. The van der Waals surface area contributed by atoms with Gasteiger partial charge in [-0.3, -0.25) is 9.59 Å². The number of nitrogens with one attached hydrogen (secondary N) is 1. The highest BCUT2D eigenvalue weighted by atomic mass is 19.1. The lowest BCUT2D eigenvalue weighted by Crippen LogP contribution is -2.40. The maximum absolute atomic E-state index is 13.8. The van der Waals surface area contributed by atoms with Crippen molar-refractivity contribution in [1.29, 1.82) is 0 Å². The minimum Gasteiger partial charge on any atom is -0.486 e. The van der Waals surface area contributed by atoms with E-state index in [-0.39, 0.29) is 35.8 Å². The Balaban J connectivity index is 1.22. The molecule has 3 heterocycles. The van der Waals surface area contributed by atoms with E-state index >= 15 is 0 Å². The van der Waals surface area contributed by atoms with Gasteiger partial charge in [0.05, 0.1) is 12.3 Å². The average molecular weight is 537 g/mol. The van der Waals surface area contributed by atoms with Gasteiger partial charge in [0.25, 0.3) is 11.8 Å². The molecule has 8 heteroatoms. The molecule has 1 N–H and O–H groups in total. The van der Waals surface area contributed by atoms with E-state index < -0.39 is 6.04 Å². The third kappa shape index (κ3) is 5.24. The molecule has 1 aliphatic heterocycles. The van der Waals surface area contributed by atoms with Crippen LogP contribution in [0.1, 0.15) is 49.6 Å². The average Bonchev–Trinajstić information content (AvgIpc) is 3.69. The number of halogens is 1. The zero-order chi connectivity index (χ0) is 27.5. The first kappa shape index (κ1) is 25.2. The second-order valence-corrected chi connectivity index (χ2v) is 9.42. The Labute approximate surface area is 229 Å². The van der Waals surface area contributed by atoms with E-state index in [9.17, 15) is 14.0 Å². The smallest absolute Gasteiger partial charge is 0.291 e. The summed E-state index contributed by atoms with van der Waals surface area (Å²) in [6, 6.07) is 27.2. The summed E-state index contributed by atoms with van der Waals surface area (Å²) in [4.78, 5) is 27.6. The van der Waals surface area contributed by atoms with E-state index in [1.165, 1.54) is 18.4 Å². The van der Waals surface area contributed by atoms with Crippen molar-refractivity contribution >= 4 is 17.5 Å². The third-order valence-electron chi connectivity index (χ3n) is 6.82. The van der Waals surface area contributed by atoms with Crippen molar-refractivity contribution in [3.63, 3.8) is 0 Å². The van der Waals surface area contributed by atoms with Crippen molar-refractivity contribution in [3.05, 3.63) is 143 Å². The molecule has 3 aromatic carbocycles. The largest absolute Gasteiger partial charge is 0.486 e. The summed E-state index contributed by atoms with van der Waals surface area (Å²) < 4.78 is 30.9. The van der Waals surface area contributed by atoms with Crippen LogP contribution in [0.3, 0.4) is 0 Å². The number of carbonyl (C=O) groups excluding carboxylic acids is 2. The van der Waals surface area contributed by atoms with Gasteiger partial charge in [-0.05, 0) is 83.8 Å². The number of benzene rings is 3.